The van der Waals surface area contributed by atoms with E-state index < -0.39 is 5.97 Å². The first-order chi connectivity index (χ1) is 10.3. The highest BCUT2D eigenvalue weighted by molar-refractivity contribution is 5.90. The van der Waals surface area contributed by atoms with Crippen LogP contribution in [0.4, 0.5) is 0 Å². The van der Waals surface area contributed by atoms with E-state index in [1.807, 2.05) is 6.07 Å². The number of hydrogen-bond donors (Lipinski definition) is 1. The molecule has 1 heterocycles. The lowest BCUT2D eigenvalue weighted by molar-refractivity contribution is 0.0687. The minimum atomic E-state index is -0.931. The maximum Gasteiger partial charge on any atom is 0.339 e. The third-order valence-corrected chi connectivity index (χ3v) is 4.86. The van der Waals surface area contributed by atoms with Crippen molar-refractivity contribution >= 4 is 5.97 Å². The number of benzene rings is 1. The molecule has 2 unspecified atom stereocenters. The van der Waals surface area contributed by atoms with Crippen molar-refractivity contribution in [2.24, 2.45) is 5.92 Å². The number of piperidine rings is 1. The van der Waals surface area contributed by atoms with Crippen molar-refractivity contribution in [2.45, 2.75) is 38.1 Å². The van der Waals surface area contributed by atoms with Gasteiger partial charge in [0.2, 0.25) is 0 Å². The second-order valence-corrected chi connectivity index (χ2v) is 6.09. The van der Waals surface area contributed by atoms with Crippen molar-refractivity contribution in [2.75, 3.05) is 19.7 Å². The summed E-state index contributed by atoms with van der Waals surface area (Å²) >= 11 is 0. The predicted molar refractivity (Wildman–Crippen MR) is 80.8 cm³/mol. The number of fused-ring (bicyclic) bond motifs is 1. The number of hydrogen-bond acceptors (Lipinski definition) is 3. The SMILES string of the molecule is O=C(O)c1ccccc1OCCN1CCCC2CCCC21. The van der Waals surface area contributed by atoms with Crippen LogP contribution in [-0.4, -0.2) is 41.7 Å². The van der Waals surface area contributed by atoms with E-state index in [0.29, 0.717) is 12.4 Å². The van der Waals surface area contributed by atoms with Gasteiger partial charge >= 0.3 is 5.97 Å². The fourth-order valence-corrected chi connectivity index (χ4v) is 3.88. The van der Waals surface area contributed by atoms with Crippen LogP contribution in [0.3, 0.4) is 0 Å². The van der Waals surface area contributed by atoms with E-state index in [4.69, 9.17) is 9.84 Å². The molecule has 1 N–H and O–H groups in total. The lowest BCUT2D eigenvalue weighted by atomic mass is 9.92. The first kappa shape index (κ1) is 14.4. The molecule has 4 nitrogen and oxygen atoms in total. The summed E-state index contributed by atoms with van der Waals surface area (Å²) in [6, 6.07) is 7.60. The monoisotopic (exact) mass is 289 g/mol. The van der Waals surface area contributed by atoms with Crippen LogP contribution in [0.1, 0.15) is 42.5 Å². The number of likely N-dealkylation sites (tertiary alicyclic amines) is 1. The van der Waals surface area contributed by atoms with Crippen LogP contribution in [0.15, 0.2) is 24.3 Å². The summed E-state index contributed by atoms with van der Waals surface area (Å²) in [7, 11) is 0. The number of carbonyl (C=O) groups is 1. The van der Waals surface area contributed by atoms with E-state index >= 15 is 0 Å². The highest BCUT2D eigenvalue weighted by Crippen LogP contribution is 2.36. The van der Waals surface area contributed by atoms with Gasteiger partial charge in [0.25, 0.3) is 0 Å². The second-order valence-electron chi connectivity index (χ2n) is 6.09. The van der Waals surface area contributed by atoms with Gasteiger partial charge < -0.3 is 9.84 Å². The Hall–Kier alpha value is -1.55. The minimum Gasteiger partial charge on any atom is -0.491 e. The first-order valence-electron chi connectivity index (χ1n) is 7.95. The summed E-state index contributed by atoms with van der Waals surface area (Å²) < 4.78 is 5.73. The van der Waals surface area contributed by atoms with E-state index in [2.05, 4.69) is 4.90 Å². The van der Waals surface area contributed by atoms with Crippen LogP contribution >= 0.6 is 0 Å². The van der Waals surface area contributed by atoms with Crippen molar-refractivity contribution in [1.29, 1.82) is 0 Å². The van der Waals surface area contributed by atoms with Crippen LogP contribution in [-0.2, 0) is 0 Å². The molecule has 0 radical (unpaired) electrons. The van der Waals surface area contributed by atoms with E-state index in [1.165, 1.54) is 32.1 Å². The number of rotatable bonds is 5. The van der Waals surface area contributed by atoms with Crippen molar-refractivity contribution in [3.63, 3.8) is 0 Å². The van der Waals surface area contributed by atoms with Gasteiger partial charge in [-0.2, -0.15) is 0 Å². The summed E-state index contributed by atoms with van der Waals surface area (Å²) in [6.45, 7) is 2.62. The molecular weight excluding hydrogens is 266 g/mol. The third-order valence-electron chi connectivity index (χ3n) is 4.86. The Bertz CT molecular complexity index is 503. The zero-order chi connectivity index (χ0) is 14.7. The molecule has 1 aliphatic heterocycles. The number of para-hydroxylation sites is 1. The predicted octanol–water partition coefficient (Wildman–Crippen LogP) is 3.03. The number of aromatic carboxylic acids is 1. The van der Waals surface area contributed by atoms with E-state index in [1.54, 1.807) is 18.2 Å². The second kappa shape index (κ2) is 6.48. The van der Waals surface area contributed by atoms with Crippen molar-refractivity contribution in [3.05, 3.63) is 29.8 Å². The molecule has 1 aliphatic carbocycles. The Balaban J connectivity index is 1.55. The molecule has 2 aliphatic rings. The summed E-state index contributed by atoms with van der Waals surface area (Å²) in [5, 5.41) is 9.15. The average Bonchev–Trinajstić information content (AvgIpc) is 2.97. The number of carboxylic acids is 1. The molecule has 1 saturated carbocycles. The third kappa shape index (κ3) is 3.21. The van der Waals surface area contributed by atoms with E-state index in [9.17, 15) is 4.79 Å². The molecule has 0 amide bonds. The molecule has 0 aromatic heterocycles. The molecule has 1 aromatic rings. The van der Waals surface area contributed by atoms with Gasteiger partial charge in [0.05, 0.1) is 0 Å². The molecule has 1 saturated heterocycles. The first-order valence-corrected chi connectivity index (χ1v) is 7.95. The van der Waals surface area contributed by atoms with Crippen molar-refractivity contribution in [1.82, 2.24) is 4.90 Å². The fraction of sp³-hybridized carbons (Fsp3) is 0.588. The molecule has 4 heteroatoms. The highest BCUT2D eigenvalue weighted by Gasteiger charge is 2.34. The molecule has 0 bridgehead atoms. The van der Waals surface area contributed by atoms with Gasteiger partial charge in [-0.15, -0.1) is 0 Å². The Morgan fingerprint density at radius 1 is 1.24 bits per heavy atom. The Morgan fingerprint density at radius 3 is 2.90 bits per heavy atom. The number of ether oxygens (including phenoxy) is 1. The normalized spacial score (nSPS) is 25.5. The minimum absolute atomic E-state index is 0.245. The van der Waals surface area contributed by atoms with Gasteiger partial charge in [0.1, 0.15) is 17.9 Å². The quantitative estimate of drug-likeness (QED) is 0.905. The van der Waals surface area contributed by atoms with Gasteiger partial charge in [0.15, 0.2) is 0 Å². The molecule has 114 valence electrons. The van der Waals surface area contributed by atoms with E-state index in [0.717, 1.165) is 25.0 Å². The molecule has 2 fully saturated rings. The van der Waals surface area contributed by atoms with Gasteiger partial charge in [-0.05, 0) is 50.3 Å². The van der Waals surface area contributed by atoms with Gasteiger partial charge in [-0.3, -0.25) is 4.90 Å². The number of nitrogens with zero attached hydrogens (tertiary/aromatic N) is 1. The topological polar surface area (TPSA) is 49.8 Å². The van der Waals surface area contributed by atoms with Gasteiger partial charge in [-0.25, -0.2) is 4.79 Å². The lowest BCUT2D eigenvalue weighted by Gasteiger charge is -2.37. The van der Waals surface area contributed by atoms with Crippen molar-refractivity contribution < 1.29 is 14.6 Å². The maximum absolute atomic E-state index is 11.1. The molecule has 2 atom stereocenters. The fourth-order valence-electron chi connectivity index (χ4n) is 3.88. The summed E-state index contributed by atoms with van der Waals surface area (Å²) in [5.41, 5.74) is 0.245. The van der Waals surface area contributed by atoms with Crippen LogP contribution in [0.5, 0.6) is 5.75 Å². The Kier molecular flexibility index (Phi) is 4.44. The maximum atomic E-state index is 11.1. The molecule has 1 aromatic carbocycles. The summed E-state index contributed by atoms with van der Waals surface area (Å²) in [6.07, 6.45) is 6.71. The summed E-state index contributed by atoms with van der Waals surface area (Å²) in [5.74, 6) is 0.425. The molecule has 0 spiro atoms. The highest BCUT2D eigenvalue weighted by atomic mass is 16.5. The standard InChI is InChI=1S/C17H23NO3/c19-17(20)14-7-1-2-9-16(14)21-12-11-18-10-4-6-13-5-3-8-15(13)18/h1-2,7,9,13,15H,3-6,8,10-12H2,(H,19,20). The Morgan fingerprint density at radius 2 is 2.05 bits per heavy atom. The van der Waals surface area contributed by atoms with Crippen molar-refractivity contribution in [3.8, 4) is 5.75 Å². The zero-order valence-electron chi connectivity index (χ0n) is 12.3. The largest absolute Gasteiger partial charge is 0.491 e. The smallest absolute Gasteiger partial charge is 0.339 e. The molecular formula is C17H23NO3. The van der Waals surface area contributed by atoms with Gasteiger partial charge in [-0.1, -0.05) is 18.6 Å². The summed E-state index contributed by atoms with van der Waals surface area (Å²) in [4.78, 5) is 13.7. The van der Waals surface area contributed by atoms with Gasteiger partial charge in [0, 0.05) is 12.6 Å². The van der Waals surface area contributed by atoms with Crippen LogP contribution < -0.4 is 4.74 Å². The zero-order valence-corrected chi connectivity index (χ0v) is 12.3. The van der Waals surface area contributed by atoms with Crippen LogP contribution in [0.2, 0.25) is 0 Å². The molecule has 3 rings (SSSR count). The van der Waals surface area contributed by atoms with Crippen LogP contribution in [0.25, 0.3) is 0 Å². The number of carboxylic acid groups (broad SMARTS) is 1. The van der Waals surface area contributed by atoms with Crippen LogP contribution in [0, 0.1) is 5.92 Å². The van der Waals surface area contributed by atoms with E-state index in [-0.39, 0.29) is 5.56 Å². The lowest BCUT2D eigenvalue weighted by Crippen LogP contribution is -2.44. The molecule has 21 heavy (non-hydrogen) atoms. The Labute approximate surface area is 125 Å². The average molecular weight is 289 g/mol.